The molecule has 1 saturated carbocycles. The number of allylic oxidation sites excluding steroid dienone is 1. The van der Waals surface area contributed by atoms with Gasteiger partial charge in [-0.1, -0.05) is 29.8 Å². The fourth-order valence-corrected chi connectivity index (χ4v) is 6.87. The molecule has 1 aromatic carbocycles. The standard InChI is InChI=1S/C19H22N2O/c1-2-10-9-21-14-7-11(10)16-15(21)8-19(18(16)22)12-5-3-4-6-13(12)20-17(14)19/h2-6,11,14-18,20,22H,7-9H2,1H3/b10-2-/t11-,14-,15-,16-,17-,18+,19+/m0/s1. The van der Waals surface area contributed by atoms with Gasteiger partial charge in [0.1, 0.15) is 0 Å². The van der Waals surface area contributed by atoms with E-state index < -0.39 is 0 Å². The van der Waals surface area contributed by atoms with E-state index in [0.717, 1.165) is 13.0 Å². The molecule has 114 valence electrons. The number of aliphatic hydroxyl groups is 1. The van der Waals surface area contributed by atoms with Crippen LogP contribution in [0.1, 0.15) is 25.3 Å². The summed E-state index contributed by atoms with van der Waals surface area (Å²) in [7, 11) is 0. The van der Waals surface area contributed by atoms with Gasteiger partial charge < -0.3 is 10.4 Å². The lowest BCUT2D eigenvalue weighted by atomic mass is 9.65. The first-order chi connectivity index (χ1) is 10.8. The van der Waals surface area contributed by atoms with Crippen molar-refractivity contribution in [2.75, 3.05) is 11.9 Å². The Morgan fingerprint density at radius 1 is 1.32 bits per heavy atom. The van der Waals surface area contributed by atoms with Crippen molar-refractivity contribution in [1.29, 1.82) is 0 Å². The number of nitrogens with one attached hydrogen (secondary N) is 1. The van der Waals surface area contributed by atoms with E-state index in [9.17, 15) is 5.11 Å². The van der Waals surface area contributed by atoms with Crippen molar-refractivity contribution < 1.29 is 5.11 Å². The maximum absolute atomic E-state index is 11.4. The molecular weight excluding hydrogens is 272 g/mol. The van der Waals surface area contributed by atoms with Gasteiger partial charge in [-0.05, 0) is 37.3 Å². The summed E-state index contributed by atoms with van der Waals surface area (Å²) in [4.78, 5) is 2.72. The monoisotopic (exact) mass is 294 g/mol. The normalized spacial score (nSPS) is 54.5. The molecule has 0 aromatic heterocycles. The highest BCUT2D eigenvalue weighted by Gasteiger charge is 2.73. The molecule has 8 atom stereocenters. The van der Waals surface area contributed by atoms with E-state index in [1.807, 2.05) is 0 Å². The van der Waals surface area contributed by atoms with Crippen LogP contribution in [0.3, 0.4) is 0 Å². The highest BCUT2D eigenvalue weighted by Crippen LogP contribution is 2.66. The van der Waals surface area contributed by atoms with E-state index in [4.69, 9.17) is 0 Å². The molecule has 0 radical (unpaired) electrons. The number of hydrogen-bond donors (Lipinski definition) is 2. The summed E-state index contributed by atoms with van der Waals surface area (Å²) in [6.45, 7) is 3.30. The molecule has 1 aromatic rings. The Hall–Kier alpha value is -1.32. The third-order valence-corrected chi connectivity index (χ3v) is 7.59. The topological polar surface area (TPSA) is 35.5 Å². The van der Waals surface area contributed by atoms with Crippen LogP contribution in [0.25, 0.3) is 0 Å². The van der Waals surface area contributed by atoms with Crippen LogP contribution in [-0.4, -0.2) is 40.8 Å². The smallest absolute Gasteiger partial charge is 0.0707 e. The second kappa shape index (κ2) is 3.60. The molecule has 5 bridgehead atoms. The van der Waals surface area contributed by atoms with E-state index in [1.54, 1.807) is 5.57 Å². The van der Waals surface area contributed by atoms with Crippen LogP contribution >= 0.6 is 0 Å². The lowest BCUT2D eigenvalue weighted by Crippen LogP contribution is -2.66. The first kappa shape index (κ1) is 12.1. The minimum atomic E-state index is -0.200. The predicted molar refractivity (Wildman–Crippen MR) is 85.8 cm³/mol. The Labute approximate surface area is 131 Å². The van der Waals surface area contributed by atoms with Crippen molar-refractivity contribution in [2.24, 2.45) is 11.8 Å². The predicted octanol–water partition coefficient (Wildman–Crippen LogP) is 2.13. The van der Waals surface area contributed by atoms with Gasteiger partial charge in [0.2, 0.25) is 0 Å². The van der Waals surface area contributed by atoms with Crippen molar-refractivity contribution in [2.45, 2.75) is 49.4 Å². The van der Waals surface area contributed by atoms with Crippen LogP contribution in [0, 0.1) is 11.8 Å². The van der Waals surface area contributed by atoms with Gasteiger partial charge in [0.25, 0.3) is 0 Å². The van der Waals surface area contributed by atoms with E-state index in [2.05, 4.69) is 47.5 Å². The molecule has 6 aliphatic rings. The number of nitrogens with zero attached hydrogens (tertiary/aromatic N) is 1. The van der Waals surface area contributed by atoms with Gasteiger partial charge in [0.05, 0.1) is 12.1 Å². The lowest BCUT2D eigenvalue weighted by Gasteiger charge is -2.57. The van der Waals surface area contributed by atoms with Crippen molar-refractivity contribution in [3.63, 3.8) is 0 Å². The average Bonchev–Trinajstić information content (AvgIpc) is 3.02. The SMILES string of the molecule is C/C=C1/CN2[C@H]3C[C@@]45c6ccccc6N[C@H]4[C@@H]2C[C@@H]1[C@@H]3[C@H]5O. The molecule has 5 aliphatic heterocycles. The first-order valence-electron chi connectivity index (χ1n) is 8.70. The maximum Gasteiger partial charge on any atom is 0.0707 e. The Bertz CT molecular complexity index is 713. The van der Waals surface area contributed by atoms with E-state index in [0.29, 0.717) is 30.0 Å². The molecule has 3 heteroatoms. The minimum Gasteiger partial charge on any atom is -0.392 e. The molecule has 1 spiro atoms. The molecule has 3 nitrogen and oxygen atoms in total. The zero-order valence-electron chi connectivity index (χ0n) is 12.9. The molecule has 5 heterocycles. The molecule has 7 rings (SSSR count). The second-order valence-corrected chi connectivity index (χ2v) is 7.95. The highest BCUT2D eigenvalue weighted by atomic mass is 16.3. The number of rotatable bonds is 0. The molecule has 2 N–H and O–H groups in total. The van der Waals surface area contributed by atoms with E-state index in [1.165, 1.54) is 17.7 Å². The minimum absolute atomic E-state index is 0.0367. The quantitative estimate of drug-likeness (QED) is 0.720. The summed E-state index contributed by atoms with van der Waals surface area (Å²) in [5, 5.41) is 15.2. The van der Waals surface area contributed by atoms with Crippen molar-refractivity contribution in [3.05, 3.63) is 41.5 Å². The number of aliphatic hydroxyl groups excluding tert-OH is 1. The number of benzene rings is 1. The number of hydrogen-bond acceptors (Lipinski definition) is 3. The maximum atomic E-state index is 11.4. The molecular formula is C19H22N2O. The van der Waals surface area contributed by atoms with Crippen LogP contribution in [0.2, 0.25) is 0 Å². The number of piperidine rings is 4. The summed E-state index contributed by atoms with van der Waals surface area (Å²) in [6.07, 6.45) is 4.47. The fraction of sp³-hybridized carbons (Fsp3) is 0.579. The van der Waals surface area contributed by atoms with Gasteiger partial charge in [0, 0.05) is 35.6 Å². The fourth-order valence-electron chi connectivity index (χ4n) is 6.87. The molecule has 1 unspecified atom stereocenters. The highest BCUT2D eigenvalue weighted by molar-refractivity contribution is 5.65. The zero-order valence-corrected chi connectivity index (χ0v) is 12.9. The third-order valence-electron chi connectivity index (χ3n) is 7.59. The molecule has 5 fully saturated rings. The Morgan fingerprint density at radius 3 is 3.05 bits per heavy atom. The molecule has 22 heavy (non-hydrogen) atoms. The van der Waals surface area contributed by atoms with Gasteiger partial charge in [0.15, 0.2) is 0 Å². The van der Waals surface area contributed by atoms with Gasteiger partial charge >= 0.3 is 0 Å². The van der Waals surface area contributed by atoms with E-state index >= 15 is 0 Å². The van der Waals surface area contributed by atoms with Crippen molar-refractivity contribution in [1.82, 2.24) is 4.90 Å². The first-order valence-corrected chi connectivity index (χ1v) is 8.70. The zero-order chi connectivity index (χ0) is 14.6. The Morgan fingerprint density at radius 2 is 2.18 bits per heavy atom. The molecule has 0 amide bonds. The largest absolute Gasteiger partial charge is 0.392 e. The Balaban J connectivity index is 1.60. The van der Waals surface area contributed by atoms with Gasteiger partial charge in [-0.2, -0.15) is 0 Å². The van der Waals surface area contributed by atoms with Crippen molar-refractivity contribution >= 4 is 5.69 Å². The molecule has 1 aliphatic carbocycles. The number of anilines is 1. The number of fused-ring (bicyclic) bond motifs is 2. The summed E-state index contributed by atoms with van der Waals surface area (Å²) in [5.41, 5.74) is 4.18. The third kappa shape index (κ3) is 1.05. The van der Waals surface area contributed by atoms with Crippen molar-refractivity contribution in [3.8, 4) is 0 Å². The van der Waals surface area contributed by atoms with Crippen LogP contribution < -0.4 is 5.32 Å². The Kier molecular flexibility index (Phi) is 1.99. The molecule has 4 saturated heterocycles. The average molecular weight is 294 g/mol. The van der Waals surface area contributed by atoms with E-state index in [-0.39, 0.29) is 11.5 Å². The summed E-state index contributed by atoms with van der Waals surface area (Å²) < 4.78 is 0. The summed E-state index contributed by atoms with van der Waals surface area (Å²) in [5.74, 6) is 1.05. The van der Waals surface area contributed by atoms with Gasteiger partial charge in [-0.25, -0.2) is 0 Å². The second-order valence-electron chi connectivity index (χ2n) is 7.95. The van der Waals surface area contributed by atoms with Gasteiger partial charge in [-0.3, -0.25) is 4.90 Å². The summed E-state index contributed by atoms with van der Waals surface area (Å²) in [6, 6.07) is 10.3. The number of para-hydroxylation sites is 1. The van der Waals surface area contributed by atoms with Crippen LogP contribution in [-0.2, 0) is 5.41 Å². The summed E-state index contributed by atoms with van der Waals surface area (Å²) >= 11 is 0. The van der Waals surface area contributed by atoms with Gasteiger partial charge in [-0.15, -0.1) is 0 Å². The van der Waals surface area contributed by atoms with Crippen LogP contribution in [0.15, 0.2) is 35.9 Å². The van der Waals surface area contributed by atoms with Crippen LogP contribution in [0.5, 0.6) is 0 Å². The lowest BCUT2D eigenvalue weighted by molar-refractivity contribution is -0.0318. The van der Waals surface area contributed by atoms with Crippen LogP contribution in [0.4, 0.5) is 5.69 Å².